The Morgan fingerprint density at radius 2 is 1.85 bits per heavy atom. The molecule has 0 atom stereocenters. The quantitative estimate of drug-likeness (QED) is 0.279. The third-order valence-electron chi connectivity index (χ3n) is 4.96. The number of nitrogens with zero attached hydrogens (tertiary/aromatic N) is 1. The Hall–Kier alpha value is -3.82. The van der Waals surface area contributed by atoms with Crippen LogP contribution in [0, 0.1) is 17.1 Å². The normalized spacial score (nSPS) is 11.0. The van der Waals surface area contributed by atoms with Crippen molar-refractivity contribution in [2.24, 2.45) is 0 Å². The smallest absolute Gasteiger partial charge is 0.266 e. The number of rotatable bonds is 9. The molecule has 7 heteroatoms. The second-order valence-electron chi connectivity index (χ2n) is 7.32. The van der Waals surface area contributed by atoms with Gasteiger partial charge in [0.15, 0.2) is 11.5 Å². The lowest BCUT2D eigenvalue weighted by molar-refractivity contribution is -0.112. The summed E-state index contributed by atoms with van der Waals surface area (Å²) in [5.74, 6) is -0.348. The minimum absolute atomic E-state index is 0.0374. The summed E-state index contributed by atoms with van der Waals surface area (Å²) in [6, 6.07) is 18.8. The van der Waals surface area contributed by atoms with Gasteiger partial charge in [0.05, 0.1) is 11.6 Å². The molecule has 0 aromatic heterocycles. The van der Waals surface area contributed by atoms with Gasteiger partial charge in [-0.1, -0.05) is 48.9 Å². The number of ether oxygens (including phenoxy) is 2. The van der Waals surface area contributed by atoms with Gasteiger partial charge in [0.1, 0.15) is 24.1 Å². The predicted molar refractivity (Wildman–Crippen MR) is 131 cm³/mol. The second kappa shape index (κ2) is 11.9. The number of nitriles is 1. The van der Waals surface area contributed by atoms with Crippen molar-refractivity contribution in [1.29, 1.82) is 5.26 Å². The molecular weight excluding hydrogens is 455 g/mol. The molecule has 0 saturated carbocycles. The highest BCUT2D eigenvalue weighted by molar-refractivity contribution is 6.32. The first-order chi connectivity index (χ1) is 16.4. The summed E-state index contributed by atoms with van der Waals surface area (Å²) in [5.41, 5.74) is 2.50. The molecule has 3 rings (SSSR count). The number of hydrogen-bond donors (Lipinski definition) is 1. The molecule has 0 aliphatic rings. The van der Waals surface area contributed by atoms with E-state index in [1.807, 2.05) is 25.1 Å². The average Bonchev–Trinajstić information content (AvgIpc) is 2.83. The lowest BCUT2D eigenvalue weighted by Crippen LogP contribution is -2.13. The molecule has 0 spiro atoms. The van der Waals surface area contributed by atoms with E-state index in [-0.39, 0.29) is 28.8 Å². The fraction of sp³-hybridized carbons (Fsp3) is 0.185. The molecule has 174 valence electrons. The number of anilines is 1. The largest absolute Gasteiger partial charge is 0.490 e. The van der Waals surface area contributed by atoms with Crippen LogP contribution in [0.15, 0.2) is 66.2 Å². The minimum atomic E-state index is -0.541. The van der Waals surface area contributed by atoms with E-state index in [9.17, 15) is 14.4 Å². The molecule has 0 unspecified atom stereocenters. The van der Waals surface area contributed by atoms with Gasteiger partial charge >= 0.3 is 0 Å². The van der Waals surface area contributed by atoms with Gasteiger partial charge in [0.2, 0.25) is 0 Å². The molecule has 0 aliphatic heterocycles. The first-order valence-corrected chi connectivity index (χ1v) is 11.2. The van der Waals surface area contributed by atoms with Crippen LogP contribution in [0.25, 0.3) is 6.08 Å². The highest BCUT2D eigenvalue weighted by Crippen LogP contribution is 2.38. The molecule has 0 heterocycles. The van der Waals surface area contributed by atoms with E-state index in [0.717, 1.165) is 12.0 Å². The third kappa shape index (κ3) is 6.37. The van der Waals surface area contributed by atoms with Crippen molar-refractivity contribution in [3.05, 3.63) is 93.8 Å². The number of halogens is 2. The highest BCUT2D eigenvalue weighted by atomic mass is 35.5. The standard InChI is InChI=1S/C27H24ClFN2O3/c1-3-18-9-11-22(12-10-18)31-27(32)21(16-30)13-19-14-23(28)26(25(15-19)33-4-2)34-17-20-7-5-6-8-24(20)29/h5-15H,3-4,17H2,1-2H3,(H,31,32)/b21-13+. The third-order valence-corrected chi connectivity index (χ3v) is 5.24. The molecule has 0 fully saturated rings. The maximum Gasteiger partial charge on any atom is 0.266 e. The van der Waals surface area contributed by atoms with Crippen LogP contribution < -0.4 is 14.8 Å². The lowest BCUT2D eigenvalue weighted by atomic mass is 10.1. The Morgan fingerprint density at radius 1 is 1.12 bits per heavy atom. The van der Waals surface area contributed by atoms with Gasteiger partial charge in [-0.15, -0.1) is 0 Å². The van der Waals surface area contributed by atoms with E-state index in [1.54, 1.807) is 49.4 Å². The Morgan fingerprint density at radius 3 is 2.50 bits per heavy atom. The molecule has 0 radical (unpaired) electrons. The summed E-state index contributed by atoms with van der Waals surface area (Å²) in [7, 11) is 0. The zero-order valence-corrected chi connectivity index (χ0v) is 19.7. The first-order valence-electron chi connectivity index (χ1n) is 10.8. The van der Waals surface area contributed by atoms with Crippen molar-refractivity contribution >= 4 is 29.3 Å². The summed E-state index contributed by atoms with van der Waals surface area (Å²) < 4.78 is 25.3. The fourth-order valence-corrected chi connectivity index (χ4v) is 3.45. The monoisotopic (exact) mass is 478 g/mol. The Bertz CT molecular complexity index is 1230. The summed E-state index contributed by atoms with van der Waals surface area (Å²) in [6.07, 6.45) is 2.31. The Labute approximate surface area is 203 Å². The van der Waals surface area contributed by atoms with Crippen LogP contribution in [0.5, 0.6) is 11.5 Å². The summed E-state index contributed by atoms with van der Waals surface area (Å²) >= 11 is 6.43. The van der Waals surface area contributed by atoms with Crippen LogP contribution in [-0.4, -0.2) is 12.5 Å². The van der Waals surface area contributed by atoms with Crippen LogP contribution >= 0.6 is 11.6 Å². The molecule has 0 saturated heterocycles. The van der Waals surface area contributed by atoms with Crippen LogP contribution in [-0.2, 0) is 17.8 Å². The van der Waals surface area contributed by atoms with Crippen LogP contribution in [0.1, 0.15) is 30.5 Å². The maximum absolute atomic E-state index is 13.9. The minimum Gasteiger partial charge on any atom is -0.490 e. The van der Waals surface area contributed by atoms with E-state index in [4.69, 9.17) is 21.1 Å². The van der Waals surface area contributed by atoms with E-state index < -0.39 is 5.91 Å². The van der Waals surface area contributed by atoms with Crippen LogP contribution in [0.3, 0.4) is 0 Å². The summed E-state index contributed by atoms with van der Waals surface area (Å²) in [6.45, 7) is 4.14. The number of aryl methyl sites for hydroxylation is 1. The maximum atomic E-state index is 13.9. The van der Waals surface area contributed by atoms with Crippen molar-refractivity contribution in [3.8, 4) is 17.6 Å². The average molecular weight is 479 g/mol. The molecule has 34 heavy (non-hydrogen) atoms. The van der Waals surface area contributed by atoms with Crippen molar-refractivity contribution in [1.82, 2.24) is 0 Å². The molecule has 1 amide bonds. The van der Waals surface area contributed by atoms with E-state index in [0.29, 0.717) is 29.2 Å². The fourth-order valence-electron chi connectivity index (χ4n) is 3.18. The molecule has 3 aromatic carbocycles. The molecule has 0 bridgehead atoms. The van der Waals surface area contributed by atoms with Crippen LogP contribution in [0.2, 0.25) is 5.02 Å². The second-order valence-corrected chi connectivity index (χ2v) is 7.72. The Balaban J connectivity index is 1.83. The van der Waals surface area contributed by atoms with Gasteiger partial charge in [-0.05, 0) is 60.9 Å². The van der Waals surface area contributed by atoms with Gasteiger partial charge in [-0.2, -0.15) is 5.26 Å². The summed E-state index contributed by atoms with van der Waals surface area (Å²) in [5, 5.41) is 12.5. The lowest BCUT2D eigenvalue weighted by Gasteiger charge is -2.15. The SMILES string of the molecule is CCOc1cc(/C=C(\C#N)C(=O)Nc2ccc(CC)cc2)cc(Cl)c1OCc1ccccc1F. The zero-order valence-electron chi connectivity index (χ0n) is 18.9. The number of benzene rings is 3. The van der Waals surface area contributed by atoms with Crippen molar-refractivity contribution in [3.63, 3.8) is 0 Å². The molecular formula is C27H24ClFN2O3. The van der Waals surface area contributed by atoms with Crippen molar-refractivity contribution in [2.45, 2.75) is 26.9 Å². The topological polar surface area (TPSA) is 71.3 Å². The van der Waals surface area contributed by atoms with E-state index in [2.05, 4.69) is 5.32 Å². The molecule has 0 aliphatic carbocycles. The predicted octanol–water partition coefficient (Wildman–Crippen LogP) is 6.56. The molecule has 5 nitrogen and oxygen atoms in total. The summed E-state index contributed by atoms with van der Waals surface area (Å²) in [4.78, 5) is 12.6. The highest BCUT2D eigenvalue weighted by Gasteiger charge is 2.15. The van der Waals surface area contributed by atoms with Gasteiger partial charge < -0.3 is 14.8 Å². The van der Waals surface area contributed by atoms with E-state index >= 15 is 0 Å². The van der Waals surface area contributed by atoms with Gasteiger partial charge in [0.25, 0.3) is 5.91 Å². The van der Waals surface area contributed by atoms with Gasteiger partial charge in [-0.25, -0.2) is 4.39 Å². The van der Waals surface area contributed by atoms with Gasteiger partial charge in [-0.3, -0.25) is 4.79 Å². The zero-order chi connectivity index (χ0) is 24.5. The van der Waals surface area contributed by atoms with E-state index in [1.165, 1.54) is 12.1 Å². The van der Waals surface area contributed by atoms with Crippen LogP contribution in [0.4, 0.5) is 10.1 Å². The molecule has 3 aromatic rings. The number of hydrogen-bond acceptors (Lipinski definition) is 4. The first kappa shape index (κ1) is 24.8. The number of carbonyl (C=O) groups is 1. The number of nitrogens with one attached hydrogen (secondary N) is 1. The Kier molecular flexibility index (Phi) is 8.66. The van der Waals surface area contributed by atoms with Crippen molar-refractivity contribution in [2.75, 3.05) is 11.9 Å². The van der Waals surface area contributed by atoms with Crippen molar-refractivity contribution < 1.29 is 18.7 Å². The number of carbonyl (C=O) groups excluding carboxylic acids is 1. The molecule has 1 N–H and O–H groups in total. The number of amides is 1. The van der Waals surface area contributed by atoms with Gasteiger partial charge in [0, 0.05) is 11.3 Å².